The Hall–Kier alpha value is -0.890. The molecule has 3 unspecified atom stereocenters. The van der Waals surface area contributed by atoms with Crippen molar-refractivity contribution in [3.8, 4) is 0 Å². The molecular formula is C17H24OS. The average molecular weight is 276 g/mol. The van der Waals surface area contributed by atoms with Gasteiger partial charge in [-0.1, -0.05) is 42.7 Å². The summed E-state index contributed by atoms with van der Waals surface area (Å²) in [6.45, 7) is 8.30. The molecule has 0 heterocycles. The van der Waals surface area contributed by atoms with Crippen LogP contribution in [0.15, 0.2) is 41.3 Å². The molecule has 1 aliphatic rings. The Bertz CT molecular complexity index is 461. The van der Waals surface area contributed by atoms with E-state index in [4.69, 9.17) is 0 Å². The van der Waals surface area contributed by atoms with Crippen molar-refractivity contribution in [2.45, 2.75) is 44.4 Å². The summed E-state index contributed by atoms with van der Waals surface area (Å²) in [5.41, 5.74) is 2.49. The van der Waals surface area contributed by atoms with Gasteiger partial charge in [0.05, 0.1) is 10.8 Å². The summed E-state index contributed by atoms with van der Waals surface area (Å²) < 4.78 is 12.5. The highest BCUT2D eigenvalue weighted by Crippen LogP contribution is 2.35. The Kier molecular flexibility index (Phi) is 4.98. The minimum atomic E-state index is -0.868. The quantitative estimate of drug-likeness (QED) is 0.741. The summed E-state index contributed by atoms with van der Waals surface area (Å²) in [5, 5.41) is 0. The van der Waals surface area contributed by atoms with Gasteiger partial charge in [-0.05, 0) is 50.7 Å². The molecule has 1 saturated carbocycles. The molecule has 1 aromatic carbocycles. The lowest BCUT2D eigenvalue weighted by molar-refractivity contribution is 0.297. The van der Waals surface area contributed by atoms with Gasteiger partial charge in [-0.15, -0.1) is 0 Å². The zero-order valence-corrected chi connectivity index (χ0v) is 12.8. The first-order chi connectivity index (χ1) is 9.08. The lowest BCUT2D eigenvalue weighted by Crippen LogP contribution is -2.25. The van der Waals surface area contributed by atoms with Gasteiger partial charge in [0.1, 0.15) is 0 Å². The minimum Gasteiger partial charge on any atom is -0.254 e. The van der Waals surface area contributed by atoms with Gasteiger partial charge in [-0.3, -0.25) is 4.21 Å². The first kappa shape index (κ1) is 14.5. The molecule has 1 aromatic rings. The van der Waals surface area contributed by atoms with E-state index in [1.54, 1.807) is 0 Å². The number of allylic oxidation sites excluding steroid dienone is 1. The van der Waals surface area contributed by atoms with Gasteiger partial charge in [0, 0.05) is 10.6 Å². The normalized spacial score (nSPS) is 24.9. The third-order valence-corrected chi connectivity index (χ3v) is 5.72. The largest absolute Gasteiger partial charge is 0.254 e. The van der Waals surface area contributed by atoms with Crippen molar-refractivity contribution >= 4 is 10.8 Å². The van der Waals surface area contributed by atoms with E-state index in [-0.39, 0.29) is 0 Å². The van der Waals surface area contributed by atoms with Gasteiger partial charge in [-0.25, -0.2) is 0 Å². The molecule has 2 heteroatoms. The van der Waals surface area contributed by atoms with E-state index in [2.05, 4.69) is 20.4 Å². The van der Waals surface area contributed by atoms with Crippen LogP contribution in [0, 0.1) is 18.8 Å². The lowest BCUT2D eigenvalue weighted by Gasteiger charge is -2.31. The van der Waals surface area contributed by atoms with Crippen LogP contribution < -0.4 is 0 Å². The smallest absolute Gasteiger partial charge is 0.0532 e. The Morgan fingerprint density at radius 3 is 2.53 bits per heavy atom. The number of aryl methyl sites for hydroxylation is 1. The Balaban J connectivity index is 2.04. The minimum absolute atomic E-state index is 0.549. The van der Waals surface area contributed by atoms with Crippen LogP contribution in [-0.2, 0) is 10.8 Å². The van der Waals surface area contributed by atoms with Crippen LogP contribution in [0.1, 0.15) is 38.2 Å². The maximum Gasteiger partial charge on any atom is 0.0532 e. The number of benzene rings is 1. The Labute approximate surface area is 119 Å². The third kappa shape index (κ3) is 3.79. The maximum atomic E-state index is 12.5. The molecule has 0 saturated heterocycles. The predicted octanol–water partition coefficient (Wildman–Crippen LogP) is 4.49. The first-order valence-corrected chi connectivity index (χ1v) is 8.50. The average Bonchev–Trinajstić information content (AvgIpc) is 2.39. The molecule has 0 radical (unpaired) electrons. The fraction of sp³-hybridized carbons (Fsp3) is 0.529. The molecule has 2 rings (SSSR count). The van der Waals surface area contributed by atoms with Gasteiger partial charge in [0.2, 0.25) is 0 Å². The number of hydrogen-bond acceptors (Lipinski definition) is 1. The molecule has 0 amide bonds. The fourth-order valence-electron chi connectivity index (χ4n) is 3.04. The van der Waals surface area contributed by atoms with Crippen LogP contribution in [0.2, 0.25) is 0 Å². The van der Waals surface area contributed by atoms with Crippen LogP contribution in [0.3, 0.4) is 0 Å². The Morgan fingerprint density at radius 1 is 1.26 bits per heavy atom. The molecule has 0 aromatic heterocycles. The third-order valence-electron chi connectivity index (χ3n) is 4.19. The summed E-state index contributed by atoms with van der Waals surface area (Å²) in [4.78, 5) is 0.969. The van der Waals surface area contributed by atoms with Gasteiger partial charge in [0.15, 0.2) is 0 Å². The molecule has 19 heavy (non-hydrogen) atoms. The fourth-order valence-corrected chi connectivity index (χ4v) is 4.46. The maximum absolute atomic E-state index is 12.5. The van der Waals surface area contributed by atoms with E-state index in [1.165, 1.54) is 36.8 Å². The summed E-state index contributed by atoms with van der Waals surface area (Å²) in [6.07, 6.45) is 5.00. The molecule has 104 valence electrons. The van der Waals surface area contributed by atoms with E-state index < -0.39 is 10.8 Å². The Morgan fingerprint density at radius 2 is 1.89 bits per heavy atom. The molecule has 0 spiro atoms. The number of rotatable bonds is 4. The molecule has 3 atom stereocenters. The molecule has 1 aliphatic carbocycles. The van der Waals surface area contributed by atoms with Crippen LogP contribution in [0.25, 0.3) is 0 Å². The summed E-state index contributed by atoms with van der Waals surface area (Å²) in [5.74, 6) is 1.91. The van der Waals surface area contributed by atoms with Gasteiger partial charge >= 0.3 is 0 Å². The predicted molar refractivity (Wildman–Crippen MR) is 82.7 cm³/mol. The molecule has 0 N–H and O–H groups in total. The van der Waals surface area contributed by atoms with E-state index >= 15 is 0 Å². The van der Waals surface area contributed by atoms with E-state index in [1.807, 2.05) is 24.3 Å². The second-order valence-corrected chi connectivity index (χ2v) is 7.32. The van der Waals surface area contributed by atoms with Crippen LogP contribution >= 0.6 is 0 Å². The van der Waals surface area contributed by atoms with Crippen molar-refractivity contribution < 1.29 is 4.21 Å². The van der Waals surface area contributed by atoms with Gasteiger partial charge in [0.25, 0.3) is 0 Å². The zero-order valence-electron chi connectivity index (χ0n) is 12.0. The van der Waals surface area contributed by atoms with E-state index in [9.17, 15) is 4.21 Å². The second kappa shape index (κ2) is 6.51. The van der Waals surface area contributed by atoms with E-state index in [0.29, 0.717) is 11.8 Å². The van der Waals surface area contributed by atoms with Crippen LogP contribution in [0.5, 0.6) is 0 Å². The first-order valence-electron chi connectivity index (χ1n) is 7.18. The monoisotopic (exact) mass is 276 g/mol. The molecular weight excluding hydrogens is 252 g/mol. The molecule has 0 bridgehead atoms. The van der Waals surface area contributed by atoms with E-state index in [0.717, 1.165) is 10.6 Å². The lowest BCUT2D eigenvalue weighted by atomic mass is 9.77. The summed E-state index contributed by atoms with van der Waals surface area (Å²) in [6, 6.07) is 8.10. The van der Waals surface area contributed by atoms with Crippen LogP contribution in [0.4, 0.5) is 0 Å². The SMILES string of the molecule is C=C(C)C1CCCCC1CS(=O)c1ccc(C)cc1. The van der Waals surface area contributed by atoms with Crippen molar-refractivity contribution in [1.82, 2.24) is 0 Å². The highest BCUT2D eigenvalue weighted by molar-refractivity contribution is 7.85. The molecule has 0 aliphatic heterocycles. The van der Waals surface area contributed by atoms with Crippen molar-refractivity contribution in [3.63, 3.8) is 0 Å². The highest BCUT2D eigenvalue weighted by atomic mass is 32.2. The van der Waals surface area contributed by atoms with Crippen molar-refractivity contribution in [1.29, 1.82) is 0 Å². The van der Waals surface area contributed by atoms with Crippen molar-refractivity contribution in [2.75, 3.05) is 5.75 Å². The number of hydrogen-bond donors (Lipinski definition) is 0. The van der Waals surface area contributed by atoms with Crippen LogP contribution in [-0.4, -0.2) is 9.96 Å². The second-order valence-electron chi connectivity index (χ2n) is 5.82. The molecule has 1 fully saturated rings. The molecule has 1 nitrogen and oxygen atoms in total. The van der Waals surface area contributed by atoms with Gasteiger partial charge in [-0.2, -0.15) is 0 Å². The highest BCUT2D eigenvalue weighted by Gasteiger charge is 2.27. The summed E-state index contributed by atoms with van der Waals surface area (Å²) >= 11 is 0. The van der Waals surface area contributed by atoms with Crippen molar-refractivity contribution in [3.05, 3.63) is 42.0 Å². The van der Waals surface area contributed by atoms with Crippen molar-refractivity contribution in [2.24, 2.45) is 11.8 Å². The standard InChI is InChI=1S/C17H24OS/c1-13(2)17-7-5-4-6-15(17)12-19(18)16-10-8-14(3)9-11-16/h8-11,15,17H,1,4-7,12H2,2-3H3. The summed E-state index contributed by atoms with van der Waals surface area (Å²) in [7, 11) is -0.868. The topological polar surface area (TPSA) is 17.1 Å². The zero-order chi connectivity index (χ0) is 13.8. The van der Waals surface area contributed by atoms with Gasteiger partial charge < -0.3 is 0 Å².